The van der Waals surface area contributed by atoms with E-state index in [0.29, 0.717) is 58.9 Å². The first kappa shape index (κ1) is 24.1. The Kier molecular flexibility index (Phi) is 5.88. The number of rotatable bonds is 3. The number of hydrogen-bond acceptors (Lipinski definition) is 6. The number of hydrogen-bond donors (Lipinski definition) is 2. The second-order valence-corrected chi connectivity index (χ2v) is 11.0. The minimum atomic E-state index is -4.31. The van der Waals surface area contributed by atoms with Gasteiger partial charge in [0, 0.05) is 5.39 Å². The summed E-state index contributed by atoms with van der Waals surface area (Å²) >= 11 is 12.7. The lowest BCUT2D eigenvalue weighted by atomic mass is 9.74. The summed E-state index contributed by atoms with van der Waals surface area (Å²) in [5, 5.41) is 12.2. The monoisotopic (exact) mass is 513 g/mol. The lowest BCUT2D eigenvalue weighted by molar-refractivity contribution is 0.340. The molecule has 2 aliphatic rings. The maximum absolute atomic E-state index is 12.6. The van der Waals surface area contributed by atoms with Crippen LogP contribution >= 0.6 is 23.2 Å². The van der Waals surface area contributed by atoms with Crippen molar-refractivity contribution < 1.29 is 27.6 Å². The van der Waals surface area contributed by atoms with Crippen LogP contribution in [0.3, 0.4) is 0 Å². The van der Waals surface area contributed by atoms with Crippen LogP contribution in [0.25, 0.3) is 21.7 Å². The van der Waals surface area contributed by atoms with Crippen molar-refractivity contribution in [2.24, 2.45) is 5.92 Å². The molecule has 178 valence electrons. The molecule has 7 nitrogen and oxygen atoms in total. The minimum absolute atomic E-state index is 0. The number of fused-ring (bicyclic) bond motifs is 7. The van der Waals surface area contributed by atoms with Crippen LogP contribution in [0.4, 0.5) is 0 Å². The Morgan fingerprint density at radius 3 is 2.36 bits per heavy atom. The smallest absolute Gasteiger partial charge is 0.271 e. The highest BCUT2D eigenvalue weighted by Gasteiger charge is 2.55. The van der Waals surface area contributed by atoms with E-state index < -0.39 is 14.9 Å². The van der Waals surface area contributed by atoms with Crippen LogP contribution in [0.2, 0.25) is 10.2 Å². The summed E-state index contributed by atoms with van der Waals surface area (Å²) in [5.41, 5.74) is 2.10. The number of aromatic hydroxyl groups is 1. The van der Waals surface area contributed by atoms with Crippen LogP contribution in [0.15, 0.2) is 12.1 Å². The van der Waals surface area contributed by atoms with Crippen molar-refractivity contribution in [3.63, 3.8) is 0 Å². The molecule has 1 heterocycles. The van der Waals surface area contributed by atoms with Crippen LogP contribution in [0.5, 0.6) is 17.2 Å². The molecule has 0 bridgehead atoms. The highest BCUT2D eigenvalue weighted by atomic mass is 35.5. The lowest BCUT2D eigenvalue weighted by Gasteiger charge is -2.38. The zero-order valence-corrected chi connectivity index (χ0v) is 19.7. The van der Waals surface area contributed by atoms with E-state index in [1.165, 1.54) is 14.2 Å². The molecule has 1 saturated carbocycles. The maximum atomic E-state index is 12.6. The molecule has 0 saturated heterocycles. The molecule has 3 aromatic rings. The molecule has 2 aromatic carbocycles. The number of nitrogens with zero attached hydrogens (tertiary/aromatic N) is 1. The average Bonchev–Trinajstić information content (AvgIpc) is 3.19. The van der Waals surface area contributed by atoms with E-state index in [2.05, 4.69) is 4.98 Å². The van der Waals surface area contributed by atoms with Crippen LogP contribution < -0.4 is 9.47 Å². The molecule has 2 N–H and O–H groups in total. The van der Waals surface area contributed by atoms with E-state index >= 15 is 0 Å². The lowest BCUT2D eigenvalue weighted by Crippen LogP contribution is -2.47. The second kappa shape index (κ2) is 8.05. The first-order valence-corrected chi connectivity index (χ1v) is 12.4. The summed E-state index contributed by atoms with van der Waals surface area (Å²) in [7, 11) is -1.28. The van der Waals surface area contributed by atoms with Gasteiger partial charge in [-0.05, 0) is 65.6 Å². The van der Waals surface area contributed by atoms with Gasteiger partial charge in [0.05, 0.1) is 24.8 Å². The van der Waals surface area contributed by atoms with E-state index in [9.17, 15) is 18.1 Å². The van der Waals surface area contributed by atoms with E-state index in [0.717, 1.165) is 11.1 Å². The second-order valence-electron chi connectivity index (χ2n) is 8.51. The standard InChI is InChI=1S/C22H21Cl2NO6S.CH4/c1-30-15-7-11-12(8-16(15)31-2)17-18(23)20(26)21(24)25-19(17)13-6-10-4-3-5-22(10,9-14(11)13)32(27,28)29;/h7-8,10,26H,3-6,9H2,1-2H3,(H,27,28,29);1H4. The van der Waals surface area contributed by atoms with Gasteiger partial charge in [0.15, 0.2) is 22.4 Å². The minimum Gasteiger partial charge on any atom is -0.504 e. The van der Waals surface area contributed by atoms with Crippen molar-refractivity contribution in [1.82, 2.24) is 4.98 Å². The predicted octanol–water partition coefficient (Wildman–Crippen LogP) is 5.58. The molecule has 2 atom stereocenters. The molecule has 33 heavy (non-hydrogen) atoms. The molecule has 1 aromatic heterocycles. The molecule has 0 radical (unpaired) electrons. The summed E-state index contributed by atoms with van der Waals surface area (Å²) in [6.07, 6.45) is 2.34. The summed E-state index contributed by atoms with van der Waals surface area (Å²) < 4.78 is 45.2. The first-order valence-electron chi connectivity index (χ1n) is 10.2. The van der Waals surface area contributed by atoms with Gasteiger partial charge >= 0.3 is 0 Å². The number of ether oxygens (including phenoxy) is 2. The Bertz CT molecular complexity index is 1410. The normalized spacial score (nSPS) is 22.0. The van der Waals surface area contributed by atoms with Gasteiger partial charge in [0.25, 0.3) is 10.1 Å². The molecule has 0 aliphatic heterocycles. The third-order valence-corrected chi connectivity index (χ3v) is 9.52. The molecule has 10 heteroatoms. The number of methoxy groups -OCH3 is 2. The van der Waals surface area contributed by atoms with Crippen molar-refractivity contribution >= 4 is 55.0 Å². The topological polar surface area (TPSA) is 106 Å². The number of pyridine rings is 1. The predicted molar refractivity (Wildman–Crippen MR) is 130 cm³/mol. The Morgan fingerprint density at radius 1 is 1.12 bits per heavy atom. The van der Waals surface area contributed by atoms with E-state index in [4.69, 9.17) is 32.7 Å². The maximum Gasteiger partial charge on any atom is 0.271 e. The molecular formula is C23H25Cl2NO6S. The van der Waals surface area contributed by atoms with E-state index in [-0.39, 0.29) is 35.7 Å². The zero-order chi connectivity index (χ0) is 23.0. The molecule has 2 aliphatic carbocycles. The van der Waals surface area contributed by atoms with E-state index in [1.54, 1.807) is 12.1 Å². The van der Waals surface area contributed by atoms with Crippen molar-refractivity contribution in [1.29, 1.82) is 0 Å². The summed E-state index contributed by atoms with van der Waals surface area (Å²) in [4.78, 5) is 4.44. The van der Waals surface area contributed by atoms with Gasteiger partial charge in [-0.3, -0.25) is 4.55 Å². The Morgan fingerprint density at radius 2 is 1.76 bits per heavy atom. The fourth-order valence-electron chi connectivity index (χ4n) is 5.66. The Labute approximate surface area is 202 Å². The summed E-state index contributed by atoms with van der Waals surface area (Å²) in [5.74, 6) is 0.351. The van der Waals surface area contributed by atoms with Crippen LogP contribution in [0.1, 0.15) is 37.8 Å². The highest BCUT2D eigenvalue weighted by molar-refractivity contribution is 7.87. The average molecular weight is 514 g/mol. The largest absolute Gasteiger partial charge is 0.504 e. The van der Waals surface area contributed by atoms with Gasteiger partial charge in [-0.25, -0.2) is 4.98 Å². The molecule has 0 spiro atoms. The Hall–Kier alpha value is -2.00. The summed E-state index contributed by atoms with van der Waals surface area (Å²) in [6.45, 7) is 0. The molecule has 2 unspecified atom stereocenters. The van der Waals surface area contributed by atoms with Gasteiger partial charge in [0.1, 0.15) is 4.75 Å². The quantitative estimate of drug-likeness (QED) is 0.267. The fraction of sp³-hybridized carbons (Fsp3) is 0.435. The van der Waals surface area contributed by atoms with Crippen LogP contribution in [-0.2, 0) is 23.0 Å². The van der Waals surface area contributed by atoms with Crippen LogP contribution in [-0.4, -0.2) is 42.0 Å². The van der Waals surface area contributed by atoms with E-state index in [1.807, 2.05) is 0 Å². The first-order chi connectivity index (χ1) is 15.1. The third-order valence-electron chi connectivity index (χ3n) is 7.17. The van der Waals surface area contributed by atoms with Crippen molar-refractivity contribution in [3.05, 3.63) is 33.4 Å². The fourth-order valence-corrected chi connectivity index (χ4v) is 7.52. The molecule has 0 amide bonds. The highest BCUT2D eigenvalue weighted by Crippen LogP contribution is 2.54. The van der Waals surface area contributed by atoms with Gasteiger partial charge in [-0.15, -0.1) is 0 Å². The zero-order valence-electron chi connectivity index (χ0n) is 17.4. The van der Waals surface area contributed by atoms with Gasteiger partial charge < -0.3 is 14.6 Å². The Balaban J connectivity index is 0.00000259. The third kappa shape index (κ3) is 3.26. The van der Waals surface area contributed by atoms with Crippen molar-refractivity contribution in [2.45, 2.75) is 44.3 Å². The molecule has 5 rings (SSSR count). The van der Waals surface area contributed by atoms with Gasteiger partial charge in [-0.1, -0.05) is 37.0 Å². The number of halogens is 2. The number of aromatic nitrogens is 1. The van der Waals surface area contributed by atoms with Crippen LogP contribution in [0, 0.1) is 5.92 Å². The molecular weight excluding hydrogens is 489 g/mol. The SMILES string of the molecule is C.COc1cc2c3c(c4nc(Cl)c(O)c(Cl)c4c2cc1OC)CC1CCCC1(S(=O)(=O)O)C3. The summed E-state index contributed by atoms with van der Waals surface area (Å²) in [6, 6.07) is 3.51. The molecule has 1 fully saturated rings. The van der Waals surface area contributed by atoms with Gasteiger partial charge in [0.2, 0.25) is 0 Å². The van der Waals surface area contributed by atoms with Crippen molar-refractivity contribution in [3.8, 4) is 17.2 Å². The number of benzene rings is 2. The van der Waals surface area contributed by atoms with Gasteiger partial charge in [-0.2, -0.15) is 8.42 Å². The van der Waals surface area contributed by atoms with Crippen molar-refractivity contribution in [2.75, 3.05) is 14.2 Å².